The number of amides is 1. The highest BCUT2D eigenvalue weighted by molar-refractivity contribution is 5.87. The Bertz CT molecular complexity index is 951. The Morgan fingerprint density at radius 2 is 2.04 bits per heavy atom. The van der Waals surface area contributed by atoms with Gasteiger partial charge < -0.3 is 9.64 Å². The van der Waals surface area contributed by atoms with Gasteiger partial charge in [-0.2, -0.15) is 0 Å². The van der Waals surface area contributed by atoms with Gasteiger partial charge in [-0.15, -0.1) is 0 Å². The Kier molecular flexibility index (Phi) is 5.35. The van der Waals surface area contributed by atoms with Crippen LogP contribution in [-0.4, -0.2) is 42.7 Å². The van der Waals surface area contributed by atoms with Gasteiger partial charge in [-0.1, -0.05) is 30.3 Å². The molecule has 0 aliphatic carbocycles. The Balaban J connectivity index is 1.64. The predicted molar refractivity (Wildman–Crippen MR) is 112 cm³/mol. The lowest BCUT2D eigenvalue weighted by Crippen LogP contribution is -2.28. The Morgan fingerprint density at radius 3 is 2.75 bits per heavy atom. The van der Waals surface area contributed by atoms with E-state index < -0.39 is 0 Å². The molecule has 1 saturated heterocycles. The van der Waals surface area contributed by atoms with E-state index in [2.05, 4.69) is 36.3 Å². The monoisotopic (exact) mass is 377 g/mol. The van der Waals surface area contributed by atoms with Crippen LogP contribution in [0.2, 0.25) is 0 Å². The number of benzene rings is 2. The summed E-state index contributed by atoms with van der Waals surface area (Å²) in [5.41, 5.74) is 3.43. The van der Waals surface area contributed by atoms with Crippen LogP contribution in [0.15, 0.2) is 54.7 Å². The van der Waals surface area contributed by atoms with E-state index >= 15 is 0 Å². The number of likely N-dealkylation sites (tertiary alicyclic amines) is 1. The molecular formula is C23H27N3O2. The van der Waals surface area contributed by atoms with Gasteiger partial charge in [-0.3, -0.25) is 14.5 Å². The lowest BCUT2D eigenvalue weighted by Gasteiger charge is -2.19. The average molecular weight is 377 g/mol. The van der Waals surface area contributed by atoms with E-state index in [4.69, 9.17) is 4.74 Å². The minimum atomic E-state index is 0.544. The molecule has 28 heavy (non-hydrogen) atoms. The average Bonchev–Trinajstić information content (AvgIpc) is 3.30. The van der Waals surface area contributed by atoms with Crippen molar-refractivity contribution in [3.05, 3.63) is 65.9 Å². The first-order chi connectivity index (χ1) is 13.7. The van der Waals surface area contributed by atoms with Crippen molar-refractivity contribution in [3.8, 4) is 5.75 Å². The molecule has 146 valence electrons. The minimum Gasteiger partial charge on any atom is -0.489 e. The standard InChI is InChI=1S/C23H27N3O2/c1-24-12-6-9-20(24)13-19-15-26(25(2)17-27)23-11-10-21(14-22(19)23)28-16-18-7-4-3-5-8-18/h3-5,7-8,10-11,14-15,17,20H,6,9,12-13,16H2,1-2H3/t20-/m1/s1. The van der Waals surface area contributed by atoms with Crippen LogP contribution in [0.25, 0.3) is 10.9 Å². The van der Waals surface area contributed by atoms with Crippen molar-refractivity contribution in [1.29, 1.82) is 0 Å². The first kappa shape index (κ1) is 18.6. The second-order valence-electron chi connectivity index (χ2n) is 7.61. The number of ether oxygens (including phenoxy) is 1. The Morgan fingerprint density at radius 1 is 1.21 bits per heavy atom. The maximum Gasteiger partial charge on any atom is 0.228 e. The van der Waals surface area contributed by atoms with Gasteiger partial charge in [0.1, 0.15) is 12.4 Å². The molecule has 5 heteroatoms. The molecule has 2 aromatic carbocycles. The SMILES string of the molecule is CN1CCC[C@@H]1Cc1cn(N(C)C=O)c2ccc(OCc3ccccc3)cc12. The lowest BCUT2D eigenvalue weighted by molar-refractivity contribution is -0.108. The normalized spacial score (nSPS) is 17.1. The van der Waals surface area contributed by atoms with Gasteiger partial charge in [0.05, 0.1) is 5.52 Å². The number of rotatable bonds is 7. The van der Waals surface area contributed by atoms with Crippen LogP contribution in [0.3, 0.4) is 0 Å². The number of aromatic nitrogens is 1. The number of nitrogens with zero attached hydrogens (tertiary/aromatic N) is 3. The number of hydrogen-bond donors (Lipinski definition) is 0. The molecule has 0 bridgehead atoms. The van der Waals surface area contributed by atoms with E-state index in [1.165, 1.54) is 18.4 Å². The molecule has 1 amide bonds. The fourth-order valence-electron chi connectivity index (χ4n) is 4.05. The van der Waals surface area contributed by atoms with Crippen LogP contribution in [0.1, 0.15) is 24.0 Å². The number of carbonyl (C=O) groups excluding carboxylic acids is 1. The van der Waals surface area contributed by atoms with Gasteiger partial charge in [0.2, 0.25) is 6.41 Å². The van der Waals surface area contributed by atoms with Crippen molar-refractivity contribution in [2.24, 2.45) is 0 Å². The second kappa shape index (κ2) is 8.07. The Labute approximate surface area is 166 Å². The quantitative estimate of drug-likeness (QED) is 0.591. The number of fused-ring (bicyclic) bond motifs is 1. The highest BCUT2D eigenvalue weighted by atomic mass is 16.5. The molecule has 1 aliphatic rings. The van der Waals surface area contributed by atoms with Crippen LogP contribution in [-0.2, 0) is 17.8 Å². The molecule has 3 aromatic rings. The molecule has 1 fully saturated rings. The molecule has 4 rings (SSSR count). The van der Waals surface area contributed by atoms with E-state index in [0.717, 1.165) is 41.6 Å². The first-order valence-electron chi connectivity index (χ1n) is 9.85. The maximum absolute atomic E-state index is 11.4. The van der Waals surface area contributed by atoms with Crippen LogP contribution >= 0.6 is 0 Å². The summed E-state index contributed by atoms with van der Waals surface area (Å²) < 4.78 is 7.96. The summed E-state index contributed by atoms with van der Waals surface area (Å²) in [5, 5.41) is 2.73. The third-order valence-electron chi connectivity index (χ3n) is 5.71. The number of carbonyl (C=O) groups is 1. The maximum atomic E-state index is 11.4. The second-order valence-corrected chi connectivity index (χ2v) is 7.61. The molecule has 1 atom stereocenters. The van der Waals surface area contributed by atoms with Crippen LogP contribution in [0.5, 0.6) is 5.75 Å². The van der Waals surface area contributed by atoms with Crippen molar-refractivity contribution >= 4 is 17.3 Å². The third kappa shape index (κ3) is 3.76. The molecule has 1 aliphatic heterocycles. The molecule has 0 radical (unpaired) electrons. The van der Waals surface area contributed by atoms with Crippen molar-refractivity contribution in [1.82, 2.24) is 9.58 Å². The van der Waals surface area contributed by atoms with Gasteiger partial charge >= 0.3 is 0 Å². The van der Waals surface area contributed by atoms with E-state index in [0.29, 0.717) is 12.6 Å². The summed E-state index contributed by atoms with van der Waals surface area (Å²) >= 11 is 0. The number of hydrogen-bond acceptors (Lipinski definition) is 3. The van der Waals surface area contributed by atoms with Gasteiger partial charge in [0.15, 0.2) is 0 Å². The lowest BCUT2D eigenvalue weighted by atomic mass is 10.0. The van der Waals surface area contributed by atoms with Crippen LogP contribution in [0.4, 0.5) is 0 Å². The summed E-state index contributed by atoms with van der Waals surface area (Å²) in [5.74, 6) is 0.851. The van der Waals surface area contributed by atoms with Crippen molar-refractivity contribution in [3.63, 3.8) is 0 Å². The van der Waals surface area contributed by atoms with Crippen LogP contribution < -0.4 is 9.75 Å². The zero-order valence-electron chi connectivity index (χ0n) is 16.5. The molecule has 0 unspecified atom stereocenters. The summed E-state index contributed by atoms with van der Waals surface area (Å²) in [6, 6.07) is 16.9. The highest BCUT2D eigenvalue weighted by Gasteiger charge is 2.23. The minimum absolute atomic E-state index is 0.544. The Hall–Kier alpha value is -2.79. The molecule has 2 heterocycles. The van der Waals surface area contributed by atoms with Gasteiger partial charge in [-0.05, 0) is 62.2 Å². The summed E-state index contributed by atoms with van der Waals surface area (Å²) in [4.78, 5) is 13.8. The zero-order chi connectivity index (χ0) is 19.5. The largest absolute Gasteiger partial charge is 0.489 e. The smallest absolute Gasteiger partial charge is 0.228 e. The zero-order valence-corrected chi connectivity index (χ0v) is 16.5. The van der Waals surface area contributed by atoms with Gasteiger partial charge in [-0.25, -0.2) is 0 Å². The van der Waals surface area contributed by atoms with Gasteiger partial charge in [0.25, 0.3) is 0 Å². The topological polar surface area (TPSA) is 37.7 Å². The van der Waals surface area contributed by atoms with E-state index in [-0.39, 0.29) is 0 Å². The van der Waals surface area contributed by atoms with Crippen molar-refractivity contribution in [2.45, 2.75) is 31.9 Å². The summed E-state index contributed by atoms with van der Waals surface area (Å²) in [6.45, 7) is 1.70. The molecule has 1 aromatic heterocycles. The predicted octanol–water partition coefficient (Wildman–Crippen LogP) is 3.58. The molecular weight excluding hydrogens is 350 g/mol. The fourth-order valence-corrected chi connectivity index (χ4v) is 4.05. The van der Waals surface area contributed by atoms with E-state index in [1.807, 2.05) is 35.0 Å². The first-order valence-corrected chi connectivity index (χ1v) is 9.85. The summed E-state index contributed by atoms with van der Waals surface area (Å²) in [6.07, 6.45) is 6.38. The van der Waals surface area contributed by atoms with Gasteiger partial charge in [0, 0.05) is 24.7 Å². The van der Waals surface area contributed by atoms with Crippen molar-refractivity contribution < 1.29 is 9.53 Å². The van der Waals surface area contributed by atoms with E-state index in [9.17, 15) is 4.79 Å². The molecule has 5 nitrogen and oxygen atoms in total. The van der Waals surface area contributed by atoms with Crippen molar-refractivity contribution in [2.75, 3.05) is 25.6 Å². The highest BCUT2D eigenvalue weighted by Crippen LogP contribution is 2.29. The molecule has 0 N–H and O–H groups in total. The number of likely N-dealkylation sites (N-methyl/N-ethyl adjacent to an activating group) is 1. The summed E-state index contributed by atoms with van der Waals surface area (Å²) in [7, 11) is 3.97. The van der Waals surface area contributed by atoms with E-state index in [1.54, 1.807) is 12.1 Å². The molecule has 0 spiro atoms. The fraction of sp³-hybridized carbons (Fsp3) is 0.348. The molecule has 0 saturated carbocycles. The van der Waals surface area contributed by atoms with Crippen LogP contribution in [0, 0.1) is 0 Å². The third-order valence-corrected chi connectivity index (χ3v) is 5.71.